The zero-order chi connectivity index (χ0) is 18.1. The molecule has 25 heavy (non-hydrogen) atoms. The summed E-state index contributed by atoms with van der Waals surface area (Å²) in [6.45, 7) is 10.9. The number of aliphatic imine (C=N–C) groups is 1. The second-order valence-corrected chi connectivity index (χ2v) is 6.34. The van der Waals surface area contributed by atoms with E-state index in [1.54, 1.807) is 7.05 Å². The van der Waals surface area contributed by atoms with Gasteiger partial charge in [0.2, 0.25) is 0 Å². The molecule has 0 spiro atoms. The van der Waals surface area contributed by atoms with E-state index in [0.29, 0.717) is 36.6 Å². The monoisotopic (exact) mass is 468 g/mol. The van der Waals surface area contributed by atoms with Crippen LogP contribution in [0, 0.1) is 11.6 Å². The van der Waals surface area contributed by atoms with Gasteiger partial charge < -0.3 is 10.6 Å². The van der Waals surface area contributed by atoms with Gasteiger partial charge in [0.05, 0.1) is 0 Å². The average molecular weight is 468 g/mol. The largest absolute Gasteiger partial charge is 0.356 e. The van der Waals surface area contributed by atoms with Crippen molar-refractivity contribution in [2.24, 2.45) is 4.99 Å². The highest BCUT2D eigenvalue weighted by Gasteiger charge is 2.12. The summed E-state index contributed by atoms with van der Waals surface area (Å²) in [6.07, 6.45) is 0.397. The fourth-order valence-electron chi connectivity index (χ4n) is 2.69. The number of nitrogens with one attached hydrogen (secondary N) is 2. The van der Waals surface area contributed by atoms with Crippen LogP contribution in [0.25, 0.3) is 0 Å². The first kappa shape index (κ1) is 24.0. The lowest BCUT2D eigenvalue weighted by Gasteiger charge is -2.30. The number of hydrogen-bond acceptors (Lipinski definition) is 2. The van der Waals surface area contributed by atoms with Crippen LogP contribution in [0.3, 0.4) is 0 Å². The molecule has 7 heteroatoms. The highest BCUT2D eigenvalue weighted by atomic mass is 127. The number of benzene rings is 1. The fraction of sp³-hybridized carbons (Fsp3) is 0.611. The molecular weight excluding hydrogens is 437 g/mol. The molecule has 0 aliphatic rings. The maximum atomic E-state index is 13.6. The van der Waals surface area contributed by atoms with E-state index in [-0.39, 0.29) is 29.8 Å². The van der Waals surface area contributed by atoms with Crippen molar-refractivity contribution < 1.29 is 8.78 Å². The van der Waals surface area contributed by atoms with Crippen LogP contribution in [0.2, 0.25) is 0 Å². The standard InChI is InChI=1S/C18H30F2N4.HI/c1-13(2)24(14(3)4)11-10-23-18(21-5)22-9-8-15-12-16(19)6-7-17(15)20;/h6-7,12-14H,8-11H2,1-5H3,(H2,21,22,23);1H. The Labute approximate surface area is 167 Å². The number of guanidine groups is 1. The second-order valence-electron chi connectivity index (χ2n) is 6.34. The highest BCUT2D eigenvalue weighted by Crippen LogP contribution is 2.09. The van der Waals surface area contributed by atoms with Crippen molar-refractivity contribution in [3.8, 4) is 0 Å². The van der Waals surface area contributed by atoms with Gasteiger partial charge >= 0.3 is 0 Å². The predicted octanol–water partition coefficient (Wildman–Crippen LogP) is 3.41. The quantitative estimate of drug-likeness (QED) is 0.349. The van der Waals surface area contributed by atoms with Crippen molar-refractivity contribution in [2.75, 3.05) is 26.7 Å². The third-order valence-corrected chi connectivity index (χ3v) is 3.91. The van der Waals surface area contributed by atoms with Crippen molar-refractivity contribution in [2.45, 2.75) is 46.2 Å². The Morgan fingerprint density at radius 2 is 1.68 bits per heavy atom. The molecule has 0 saturated heterocycles. The first-order chi connectivity index (χ1) is 11.3. The van der Waals surface area contributed by atoms with E-state index in [9.17, 15) is 8.78 Å². The lowest BCUT2D eigenvalue weighted by Crippen LogP contribution is -2.45. The lowest BCUT2D eigenvalue weighted by atomic mass is 10.1. The van der Waals surface area contributed by atoms with Crippen molar-refractivity contribution in [1.29, 1.82) is 0 Å². The molecule has 0 aliphatic heterocycles. The Morgan fingerprint density at radius 3 is 2.24 bits per heavy atom. The van der Waals surface area contributed by atoms with Crippen LogP contribution in [0.1, 0.15) is 33.3 Å². The highest BCUT2D eigenvalue weighted by molar-refractivity contribution is 14.0. The molecular formula is C18H31F2IN4. The summed E-state index contributed by atoms with van der Waals surface area (Å²) in [5.74, 6) is -0.138. The maximum Gasteiger partial charge on any atom is 0.191 e. The second kappa shape index (κ2) is 12.4. The molecule has 1 aromatic carbocycles. The summed E-state index contributed by atoms with van der Waals surface area (Å²) in [5, 5.41) is 6.38. The predicted molar refractivity (Wildman–Crippen MR) is 112 cm³/mol. The van der Waals surface area contributed by atoms with Gasteiger partial charge in [0, 0.05) is 38.8 Å². The molecule has 0 bridgehead atoms. The number of rotatable bonds is 8. The Morgan fingerprint density at radius 1 is 1.08 bits per heavy atom. The summed E-state index contributed by atoms with van der Waals surface area (Å²) < 4.78 is 26.7. The van der Waals surface area contributed by atoms with Gasteiger partial charge in [0.1, 0.15) is 11.6 Å². The lowest BCUT2D eigenvalue weighted by molar-refractivity contribution is 0.178. The SMILES string of the molecule is CN=C(NCCc1cc(F)ccc1F)NCCN(C(C)C)C(C)C.I. The Bertz CT molecular complexity index is 528. The smallest absolute Gasteiger partial charge is 0.191 e. The molecule has 0 amide bonds. The fourth-order valence-corrected chi connectivity index (χ4v) is 2.69. The van der Waals surface area contributed by atoms with Gasteiger partial charge in [-0.05, 0) is 57.9 Å². The Hall–Kier alpha value is -0.960. The zero-order valence-electron chi connectivity index (χ0n) is 15.8. The van der Waals surface area contributed by atoms with Crippen LogP contribution in [0.4, 0.5) is 8.78 Å². The van der Waals surface area contributed by atoms with Gasteiger partial charge in [-0.2, -0.15) is 0 Å². The first-order valence-corrected chi connectivity index (χ1v) is 8.49. The molecule has 1 aromatic rings. The van der Waals surface area contributed by atoms with Gasteiger partial charge in [-0.15, -0.1) is 24.0 Å². The van der Waals surface area contributed by atoms with Crippen LogP contribution in [-0.2, 0) is 6.42 Å². The Balaban J connectivity index is 0.00000576. The summed E-state index contributed by atoms with van der Waals surface area (Å²) in [6, 6.07) is 4.48. The summed E-state index contributed by atoms with van der Waals surface area (Å²) in [5.41, 5.74) is 0.365. The molecule has 0 aromatic heterocycles. The van der Waals surface area contributed by atoms with E-state index in [1.807, 2.05) is 0 Å². The van der Waals surface area contributed by atoms with Crippen molar-refractivity contribution in [1.82, 2.24) is 15.5 Å². The molecule has 0 atom stereocenters. The minimum Gasteiger partial charge on any atom is -0.356 e. The van der Waals surface area contributed by atoms with E-state index in [0.717, 1.165) is 25.2 Å². The van der Waals surface area contributed by atoms with Crippen LogP contribution < -0.4 is 10.6 Å². The maximum absolute atomic E-state index is 13.6. The molecule has 0 heterocycles. The molecule has 144 valence electrons. The van der Waals surface area contributed by atoms with E-state index in [2.05, 4.69) is 48.2 Å². The first-order valence-electron chi connectivity index (χ1n) is 8.49. The van der Waals surface area contributed by atoms with Crippen LogP contribution in [-0.4, -0.2) is 49.6 Å². The average Bonchev–Trinajstić information content (AvgIpc) is 2.52. The van der Waals surface area contributed by atoms with E-state index < -0.39 is 5.82 Å². The van der Waals surface area contributed by atoms with Gasteiger partial charge in [-0.1, -0.05) is 0 Å². The summed E-state index contributed by atoms with van der Waals surface area (Å²) in [7, 11) is 1.70. The van der Waals surface area contributed by atoms with E-state index in [1.165, 1.54) is 6.07 Å². The number of halogens is 3. The third kappa shape index (κ3) is 8.80. The van der Waals surface area contributed by atoms with Gasteiger partial charge in [-0.25, -0.2) is 8.78 Å². The van der Waals surface area contributed by atoms with E-state index >= 15 is 0 Å². The number of nitrogens with zero attached hydrogens (tertiary/aromatic N) is 2. The van der Waals surface area contributed by atoms with Gasteiger partial charge in [0.15, 0.2) is 5.96 Å². The Kier molecular flexibility index (Phi) is 11.9. The molecule has 0 fully saturated rings. The van der Waals surface area contributed by atoms with Gasteiger partial charge in [0.25, 0.3) is 0 Å². The topological polar surface area (TPSA) is 39.7 Å². The third-order valence-electron chi connectivity index (χ3n) is 3.91. The van der Waals surface area contributed by atoms with Crippen LogP contribution in [0.15, 0.2) is 23.2 Å². The van der Waals surface area contributed by atoms with Crippen molar-refractivity contribution >= 4 is 29.9 Å². The molecule has 0 aliphatic carbocycles. The molecule has 0 saturated carbocycles. The molecule has 2 N–H and O–H groups in total. The molecule has 4 nitrogen and oxygen atoms in total. The normalized spacial score (nSPS) is 11.8. The van der Waals surface area contributed by atoms with E-state index in [4.69, 9.17) is 0 Å². The van der Waals surface area contributed by atoms with Gasteiger partial charge in [-0.3, -0.25) is 9.89 Å². The minimum absolute atomic E-state index is 0. The molecule has 0 radical (unpaired) electrons. The minimum atomic E-state index is -0.420. The van der Waals surface area contributed by atoms with Crippen molar-refractivity contribution in [3.63, 3.8) is 0 Å². The molecule has 0 unspecified atom stereocenters. The van der Waals surface area contributed by atoms with Crippen molar-refractivity contribution in [3.05, 3.63) is 35.4 Å². The summed E-state index contributed by atoms with van der Waals surface area (Å²) >= 11 is 0. The zero-order valence-corrected chi connectivity index (χ0v) is 18.1. The van der Waals surface area contributed by atoms with Crippen LogP contribution in [0.5, 0.6) is 0 Å². The number of hydrogen-bond donors (Lipinski definition) is 2. The summed E-state index contributed by atoms with van der Waals surface area (Å²) in [4.78, 5) is 6.55. The molecule has 1 rings (SSSR count). The van der Waals surface area contributed by atoms with Crippen LogP contribution >= 0.6 is 24.0 Å².